The molecule has 0 radical (unpaired) electrons. The molecule has 0 bridgehead atoms. The van der Waals surface area contributed by atoms with Crippen LogP contribution in [-0.2, 0) is 0 Å². The zero-order valence-electron chi connectivity index (χ0n) is 7.04. The largest absolute Gasteiger partial charge is 0.405 e. The molecule has 10 heteroatoms. The summed E-state index contributed by atoms with van der Waals surface area (Å²) in [6.45, 7) is -1.41. The quantitative estimate of drug-likeness (QED) is 0.827. The fraction of sp³-hybridized carbons (Fsp3) is 0.400. The second-order valence-electron chi connectivity index (χ2n) is 2.28. The molecule has 0 saturated carbocycles. The topological polar surface area (TPSA) is 80.9 Å². The Morgan fingerprint density at radius 1 is 1.53 bits per heavy atom. The molecule has 0 fully saturated rings. The lowest BCUT2D eigenvalue weighted by Gasteiger charge is -2.06. The molecular weight excluding hydrogens is 257 g/mol. The number of aromatic nitrogens is 2. The van der Waals surface area contributed by atoms with Crippen LogP contribution in [0.15, 0.2) is 0 Å². The van der Waals surface area contributed by atoms with Gasteiger partial charge in [-0.25, -0.2) is 0 Å². The van der Waals surface area contributed by atoms with Gasteiger partial charge in [-0.15, -0.1) is 17.5 Å². The van der Waals surface area contributed by atoms with E-state index in [2.05, 4.69) is 9.59 Å². The molecular formula is C5H6ClF3N4OS. The van der Waals surface area contributed by atoms with Gasteiger partial charge in [0.2, 0.25) is 0 Å². The number of nitrogens with two attached hydrogens (primary N) is 1. The highest BCUT2D eigenvalue weighted by Gasteiger charge is 2.28. The maximum atomic E-state index is 11.7. The lowest BCUT2D eigenvalue weighted by atomic mass is 10.4. The van der Waals surface area contributed by atoms with Crippen LogP contribution in [0.4, 0.5) is 18.2 Å². The molecule has 0 spiro atoms. The highest BCUT2D eigenvalue weighted by Crippen LogP contribution is 2.14. The fourth-order valence-electron chi connectivity index (χ4n) is 0.619. The second-order valence-corrected chi connectivity index (χ2v) is 3.07. The number of rotatable bonds is 2. The molecule has 0 aliphatic rings. The van der Waals surface area contributed by atoms with Gasteiger partial charge in [-0.2, -0.15) is 13.2 Å². The van der Waals surface area contributed by atoms with Crippen molar-refractivity contribution in [3.8, 4) is 0 Å². The highest BCUT2D eigenvalue weighted by atomic mass is 35.5. The third-order valence-electron chi connectivity index (χ3n) is 1.18. The molecule has 0 aliphatic carbocycles. The van der Waals surface area contributed by atoms with E-state index in [1.807, 2.05) is 0 Å². The van der Waals surface area contributed by atoms with Gasteiger partial charge in [0.15, 0.2) is 5.69 Å². The zero-order valence-corrected chi connectivity index (χ0v) is 8.67. The van der Waals surface area contributed by atoms with Gasteiger partial charge in [0, 0.05) is 11.5 Å². The molecule has 0 saturated heterocycles. The first kappa shape index (κ1) is 13.9. The van der Waals surface area contributed by atoms with Crippen LogP contribution >= 0.6 is 23.9 Å². The molecule has 1 aromatic heterocycles. The van der Waals surface area contributed by atoms with Gasteiger partial charge < -0.3 is 11.1 Å². The first-order valence-electron chi connectivity index (χ1n) is 3.33. The number of carbonyl (C=O) groups excluding carboxylic acids is 1. The van der Waals surface area contributed by atoms with Crippen LogP contribution in [0.3, 0.4) is 0 Å². The van der Waals surface area contributed by atoms with Crippen molar-refractivity contribution in [1.29, 1.82) is 0 Å². The smallest absolute Gasteiger partial charge is 0.387 e. The average Bonchev–Trinajstić information content (AvgIpc) is 2.46. The van der Waals surface area contributed by atoms with Crippen LogP contribution in [0.1, 0.15) is 10.5 Å². The molecule has 1 rings (SSSR count). The van der Waals surface area contributed by atoms with Crippen LogP contribution in [0.25, 0.3) is 0 Å². The Morgan fingerprint density at radius 2 is 2.13 bits per heavy atom. The van der Waals surface area contributed by atoms with Crippen molar-refractivity contribution in [2.45, 2.75) is 6.18 Å². The third-order valence-corrected chi connectivity index (χ3v) is 1.73. The van der Waals surface area contributed by atoms with Gasteiger partial charge >= 0.3 is 6.18 Å². The Hall–Kier alpha value is -1.09. The van der Waals surface area contributed by atoms with E-state index in [1.54, 1.807) is 5.32 Å². The van der Waals surface area contributed by atoms with Crippen LogP contribution in [0, 0.1) is 0 Å². The predicted molar refractivity (Wildman–Crippen MR) is 50.0 cm³/mol. The van der Waals surface area contributed by atoms with Gasteiger partial charge in [0.05, 0.1) is 0 Å². The van der Waals surface area contributed by atoms with Gasteiger partial charge in [0.25, 0.3) is 5.91 Å². The van der Waals surface area contributed by atoms with Crippen molar-refractivity contribution in [2.24, 2.45) is 0 Å². The molecule has 0 aliphatic heterocycles. The number of halogens is 4. The number of amides is 1. The molecule has 1 heterocycles. The second kappa shape index (κ2) is 5.12. The molecule has 3 N–H and O–H groups in total. The third kappa shape index (κ3) is 4.30. The summed E-state index contributed by atoms with van der Waals surface area (Å²) in [6, 6.07) is 0. The van der Waals surface area contributed by atoms with Gasteiger partial charge in [-0.1, -0.05) is 4.49 Å². The van der Waals surface area contributed by atoms with Crippen molar-refractivity contribution in [1.82, 2.24) is 14.9 Å². The minimum Gasteiger partial charge on any atom is -0.387 e. The van der Waals surface area contributed by atoms with E-state index in [-0.39, 0.29) is 23.1 Å². The van der Waals surface area contributed by atoms with Crippen molar-refractivity contribution >= 4 is 34.8 Å². The van der Waals surface area contributed by atoms with Crippen LogP contribution in [0.5, 0.6) is 0 Å². The maximum Gasteiger partial charge on any atom is 0.405 e. The zero-order chi connectivity index (χ0) is 10.8. The highest BCUT2D eigenvalue weighted by molar-refractivity contribution is 7.10. The summed E-state index contributed by atoms with van der Waals surface area (Å²) in [4.78, 5) is 11.0. The molecule has 0 aromatic carbocycles. The van der Waals surface area contributed by atoms with E-state index in [0.717, 1.165) is 11.5 Å². The molecule has 5 nitrogen and oxygen atoms in total. The Labute approximate surface area is 92.4 Å². The molecule has 1 aromatic rings. The average molecular weight is 263 g/mol. The van der Waals surface area contributed by atoms with E-state index in [1.165, 1.54) is 0 Å². The normalized spacial score (nSPS) is 10.6. The van der Waals surface area contributed by atoms with Crippen molar-refractivity contribution < 1.29 is 18.0 Å². The van der Waals surface area contributed by atoms with Crippen molar-refractivity contribution in [2.75, 3.05) is 12.3 Å². The monoisotopic (exact) mass is 262 g/mol. The Kier molecular flexibility index (Phi) is 4.75. The standard InChI is InChI=1S/C5H5F3N4OS.ClH/c6-5(7,8)1-10-4(13)2-3(9)14-12-11-2;/h1,9H2,(H,10,13);1H. The van der Waals surface area contributed by atoms with E-state index in [0.29, 0.717) is 0 Å². The molecule has 15 heavy (non-hydrogen) atoms. The number of alkyl halides is 3. The fourth-order valence-corrected chi connectivity index (χ4v) is 1.05. The molecule has 86 valence electrons. The molecule has 0 unspecified atom stereocenters. The van der Waals surface area contributed by atoms with Crippen molar-refractivity contribution in [3.05, 3.63) is 5.69 Å². The number of nitrogens with zero attached hydrogens (tertiary/aromatic N) is 2. The van der Waals surface area contributed by atoms with Gasteiger partial charge in [-0.3, -0.25) is 4.79 Å². The van der Waals surface area contributed by atoms with Crippen LogP contribution in [-0.4, -0.2) is 28.2 Å². The maximum absolute atomic E-state index is 11.7. The summed E-state index contributed by atoms with van der Waals surface area (Å²) in [5, 5.41) is 4.90. The van der Waals surface area contributed by atoms with Gasteiger partial charge in [0.1, 0.15) is 11.5 Å². The SMILES string of the molecule is Cl.Nc1snnc1C(=O)NCC(F)(F)F. The summed E-state index contributed by atoms with van der Waals surface area (Å²) >= 11 is 0.741. The van der Waals surface area contributed by atoms with E-state index < -0.39 is 18.6 Å². The van der Waals surface area contributed by atoms with E-state index >= 15 is 0 Å². The summed E-state index contributed by atoms with van der Waals surface area (Å²) < 4.78 is 38.3. The number of nitrogens with one attached hydrogen (secondary N) is 1. The molecule has 1 amide bonds. The Bertz CT molecular complexity index is 341. The predicted octanol–water partition coefficient (Wildman–Crippen LogP) is 0.834. The Morgan fingerprint density at radius 3 is 2.53 bits per heavy atom. The minimum absolute atomic E-state index is 0. The lowest BCUT2D eigenvalue weighted by Crippen LogP contribution is -2.34. The van der Waals surface area contributed by atoms with E-state index in [9.17, 15) is 18.0 Å². The first-order chi connectivity index (χ1) is 6.40. The van der Waals surface area contributed by atoms with Crippen LogP contribution < -0.4 is 11.1 Å². The number of anilines is 1. The van der Waals surface area contributed by atoms with Crippen molar-refractivity contribution in [3.63, 3.8) is 0 Å². The Balaban J connectivity index is 0.00000196. The summed E-state index contributed by atoms with van der Waals surface area (Å²) in [5.41, 5.74) is 4.95. The summed E-state index contributed by atoms with van der Waals surface area (Å²) in [6.07, 6.45) is -4.45. The first-order valence-corrected chi connectivity index (χ1v) is 4.10. The van der Waals surface area contributed by atoms with Crippen LogP contribution in [0.2, 0.25) is 0 Å². The number of hydrogen-bond donors (Lipinski definition) is 2. The summed E-state index contributed by atoms with van der Waals surface area (Å²) in [5.74, 6) is -0.978. The number of nitrogen functional groups attached to an aromatic ring is 1. The number of carbonyl (C=O) groups is 1. The number of hydrogen-bond acceptors (Lipinski definition) is 5. The molecule has 0 atom stereocenters. The lowest BCUT2D eigenvalue weighted by molar-refractivity contribution is -0.123. The minimum atomic E-state index is -4.45. The van der Waals surface area contributed by atoms with Gasteiger partial charge in [-0.05, 0) is 0 Å². The van der Waals surface area contributed by atoms with E-state index in [4.69, 9.17) is 5.73 Å². The summed E-state index contributed by atoms with van der Waals surface area (Å²) in [7, 11) is 0.